The molecule has 2 aromatic carbocycles. The Balaban J connectivity index is 1.69. The van der Waals surface area contributed by atoms with Crippen LogP contribution in [0.4, 0.5) is 5.82 Å². The largest absolute Gasteiger partial charge is 0.367 e. The second-order valence-corrected chi connectivity index (χ2v) is 6.95. The second-order valence-electron chi connectivity index (χ2n) is 6.95. The first-order valence-electron chi connectivity index (χ1n) is 8.92. The van der Waals surface area contributed by atoms with Gasteiger partial charge in [-0.15, -0.1) is 0 Å². The van der Waals surface area contributed by atoms with Gasteiger partial charge in [-0.3, -0.25) is 4.79 Å². The van der Waals surface area contributed by atoms with Crippen molar-refractivity contribution < 1.29 is 4.79 Å². The molecule has 4 rings (SSSR count). The topological polar surface area (TPSA) is 58.1 Å². The van der Waals surface area contributed by atoms with Crippen molar-refractivity contribution in [3.63, 3.8) is 0 Å². The molecule has 132 valence electrons. The molecule has 0 spiro atoms. The molecule has 0 atom stereocenters. The van der Waals surface area contributed by atoms with Gasteiger partial charge in [0.2, 0.25) is 5.91 Å². The lowest BCUT2D eigenvalue weighted by atomic mass is 10.0. The van der Waals surface area contributed by atoms with E-state index in [1.807, 2.05) is 25.2 Å². The van der Waals surface area contributed by atoms with Crippen LogP contribution in [0.2, 0.25) is 0 Å². The van der Waals surface area contributed by atoms with Gasteiger partial charge in [0.05, 0.1) is 5.52 Å². The third-order valence-electron chi connectivity index (χ3n) is 4.77. The van der Waals surface area contributed by atoms with Gasteiger partial charge in [-0.1, -0.05) is 24.3 Å². The first-order valence-corrected chi connectivity index (χ1v) is 8.92. The highest BCUT2D eigenvalue weighted by Gasteiger charge is 2.22. The predicted molar refractivity (Wildman–Crippen MR) is 104 cm³/mol. The zero-order valence-electron chi connectivity index (χ0n) is 15.1. The van der Waals surface area contributed by atoms with E-state index in [1.54, 1.807) is 18.2 Å². The van der Waals surface area contributed by atoms with E-state index in [0.29, 0.717) is 12.6 Å². The van der Waals surface area contributed by atoms with Crippen molar-refractivity contribution in [2.75, 3.05) is 12.4 Å². The number of hydrogen-bond donors (Lipinski definition) is 1. The normalized spacial score (nSPS) is 13.6. The summed E-state index contributed by atoms with van der Waals surface area (Å²) in [5, 5.41) is 4.54. The number of amides is 1. The summed E-state index contributed by atoms with van der Waals surface area (Å²) < 4.78 is 0. The Bertz CT molecular complexity index is 965. The van der Waals surface area contributed by atoms with Gasteiger partial charge < -0.3 is 10.2 Å². The Morgan fingerprint density at radius 2 is 1.96 bits per heavy atom. The molecule has 0 bridgehead atoms. The third kappa shape index (κ3) is 3.52. The lowest BCUT2D eigenvalue weighted by Gasteiger charge is -2.15. The van der Waals surface area contributed by atoms with Crippen LogP contribution in [-0.2, 0) is 11.3 Å². The smallest absolute Gasteiger partial charge is 0.219 e. The number of nitrogens with one attached hydrogen (secondary N) is 1. The number of benzene rings is 2. The van der Waals surface area contributed by atoms with E-state index < -0.39 is 0 Å². The van der Waals surface area contributed by atoms with Gasteiger partial charge in [0.25, 0.3) is 0 Å². The van der Waals surface area contributed by atoms with Gasteiger partial charge in [-0.2, -0.15) is 0 Å². The fourth-order valence-electron chi connectivity index (χ4n) is 3.01. The Hall–Kier alpha value is -2.95. The molecule has 26 heavy (non-hydrogen) atoms. The zero-order chi connectivity index (χ0) is 18.1. The van der Waals surface area contributed by atoms with Gasteiger partial charge in [-0.25, -0.2) is 9.97 Å². The van der Waals surface area contributed by atoms with Crippen molar-refractivity contribution in [1.29, 1.82) is 0 Å². The predicted octanol–water partition coefficient (Wildman–Crippen LogP) is 3.85. The molecule has 1 saturated carbocycles. The monoisotopic (exact) mass is 346 g/mol. The van der Waals surface area contributed by atoms with E-state index in [0.717, 1.165) is 33.4 Å². The Labute approximate surface area is 153 Å². The van der Waals surface area contributed by atoms with Crippen LogP contribution in [0, 0.1) is 0 Å². The minimum absolute atomic E-state index is 0.0639. The number of hydrogen-bond acceptors (Lipinski definition) is 4. The molecule has 1 aromatic heterocycles. The molecular formula is C21H22N4O. The van der Waals surface area contributed by atoms with Gasteiger partial charge in [0, 0.05) is 31.9 Å². The van der Waals surface area contributed by atoms with E-state index in [-0.39, 0.29) is 5.91 Å². The number of nitrogens with zero attached hydrogens (tertiary/aromatic N) is 3. The molecule has 1 amide bonds. The molecule has 3 aromatic rings. The molecular weight excluding hydrogens is 324 g/mol. The summed E-state index contributed by atoms with van der Waals surface area (Å²) in [6.07, 6.45) is 4.03. The summed E-state index contributed by atoms with van der Waals surface area (Å²) in [6.45, 7) is 2.19. The van der Waals surface area contributed by atoms with Crippen LogP contribution in [0.1, 0.15) is 25.3 Å². The maximum Gasteiger partial charge on any atom is 0.219 e. The summed E-state index contributed by atoms with van der Waals surface area (Å²) in [7, 11) is 1.82. The van der Waals surface area contributed by atoms with E-state index in [4.69, 9.17) is 0 Å². The number of carbonyl (C=O) groups excluding carboxylic acids is 1. The molecule has 5 heteroatoms. The third-order valence-corrected chi connectivity index (χ3v) is 4.77. The van der Waals surface area contributed by atoms with Gasteiger partial charge in [0.15, 0.2) is 0 Å². The molecule has 1 aliphatic rings. The molecule has 0 saturated heterocycles. The number of fused-ring (bicyclic) bond motifs is 1. The second kappa shape index (κ2) is 6.75. The Kier molecular flexibility index (Phi) is 4.29. The van der Waals surface area contributed by atoms with Gasteiger partial charge in [0.1, 0.15) is 12.1 Å². The quantitative estimate of drug-likeness (QED) is 0.762. The Morgan fingerprint density at radius 1 is 1.15 bits per heavy atom. The average molecular weight is 346 g/mol. The van der Waals surface area contributed by atoms with Crippen molar-refractivity contribution >= 4 is 22.6 Å². The summed E-state index contributed by atoms with van der Waals surface area (Å²) >= 11 is 0. The average Bonchev–Trinajstić information content (AvgIpc) is 3.46. The van der Waals surface area contributed by atoms with E-state index in [1.165, 1.54) is 12.8 Å². The molecule has 1 heterocycles. The van der Waals surface area contributed by atoms with Gasteiger partial charge >= 0.3 is 0 Å². The maximum absolute atomic E-state index is 11.5. The highest BCUT2D eigenvalue weighted by Crippen LogP contribution is 2.30. The first kappa shape index (κ1) is 16.5. The van der Waals surface area contributed by atoms with E-state index in [2.05, 4.69) is 39.6 Å². The lowest BCUT2D eigenvalue weighted by molar-refractivity contribution is -0.128. The van der Waals surface area contributed by atoms with Crippen LogP contribution < -0.4 is 5.32 Å². The van der Waals surface area contributed by atoms with Crippen LogP contribution >= 0.6 is 0 Å². The van der Waals surface area contributed by atoms with Crippen molar-refractivity contribution in [1.82, 2.24) is 14.9 Å². The number of anilines is 1. The van der Waals surface area contributed by atoms with Crippen LogP contribution in [-0.4, -0.2) is 33.9 Å². The highest BCUT2D eigenvalue weighted by molar-refractivity contribution is 5.92. The minimum atomic E-state index is 0.0639. The van der Waals surface area contributed by atoms with Crippen molar-refractivity contribution in [3.05, 3.63) is 54.4 Å². The first-order chi connectivity index (χ1) is 12.6. The van der Waals surface area contributed by atoms with Crippen LogP contribution in [0.15, 0.2) is 48.8 Å². The molecule has 1 fully saturated rings. The molecule has 0 unspecified atom stereocenters. The standard InChI is InChI=1S/C21H22N4O/c1-14(26)25(2)12-15-4-3-5-16(10-15)17-6-9-20-19(11-17)21(23-13-22-20)24-18-7-8-18/h3-6,9-11,13,18H,7-8,12H2,1-2H3,(H,22,23,24). The maximum atomic E-state index is 11.5. The fourth-order valence-corrected chi connectivity index (χ4v) is 3.01. The molecule has 0 aliphatic heterocycles. The van der Waals surface area contributed by atoms with Crippen molar-refractivity contribution in [2.45, 2.75) is 32.4 Å². The van der Waals surface area contributed by atoms with Crippen LogP contribution in [0.25, 0.3) is 22.0 Å². The summed E-state index contributed by atoms with van der Waals surface area (Å²) in [5.41, 5.74) is 4.31. The number of aromatic nitrogens is 2. The fraction of sp³-hybridized carbons (Fsp3) is 0.286. The van der Waals surface area contributed by atoms with Crippen molar-refractivity contribution in [3.8, 4) is 11.1 Å². The number of rotatable bonds is 5. The minimum Gasteiger partial charge on any atom is -0.367 e. The van der Waals surface area contributed by atoms with Gasteiger partial charge in [-0.05, 0) is 47.7 Å². The lowest BCUT2D eigenvalue weighted by Crippen LogP contribution is -2.22. The van der Waals surface area contributed by atoms with Crippen molar-refractivity contribution in [2.24, 2.45) is 0 Å². The summed E-state index contributed by atoms with van der Waals surface area (Å²) in [5.74, 6) is 0.973. The Morgan fingerprint density at radius 3 is 2.73 bits per heavy atom. The number of carbonyl (C=O) groups is 1. The van der Waals surface area contributed by atoms with E-state index >= 15 is 0 Å². The summed E-state index contributed by atoms with van der Waals surface area (Å²) in [6, 6.07) is 15.1. The van der Waals surface area contributed by atoms with Crippen LogP contribution in [0.3, 0.4) is 0 Å². The molecule has 5 nitrogen and oxygen atoms in total. The highest BCUT2D eigenvalue weighted by atomic mass is 16.2. The summed E-state index contributed by atoms with van der Waals surface area (Å²) in [4.78, 5) is 22.0. The molecule has 1 aliphatic carbocycles. The zero-order valence-corrected chi connectivity index (χ0v) is 15.1. The van der Waals surface area contributed by atoms with E-state index in [9.17, 15) is 4.79 Å². The molecule has 0 radical (unpaired) electrons. The SMILES string of the molecule is CC(=O)N(C)Cc1cccc(-c2ccc3ncnc(NC4CC4)c3c2)c1. The molecule has 1 N–H and O–H groups in total. The van der Waals surface area contributed by atoms with Crippen LogP contribution in [0.5, 0.6) is 0 Å².